The molecule has 5 nitrogen and oxygen atoms in total. The highest BCUT2D eigenvalue weighted by atomic mass is 19.1. The summed E-state index contributed by atoms with van der Waals surface area (Å²) in [7, 11) is 1.71. The van der Waals surface area contributed by atoms with Gasteiger partial charge in [0, 0.05) is 24.3 Å². The predicted octanol–water partition coefficient (Wildman–Crippen LogP) is 4.55. The highest BCUT2D eigenvalue weighted by Gasteiger charge is 2.18. The Hall–Kier alpha value is -3.46. The van der Waals surface area contributed by atoms with E-state index in [1.54, 1.807) is 18.9 Å². The Balaban J connectivity index is 1.95. The number of nitriles is 1. The van der Waals surface area contributed by atoms with Crippen molar-refractivity contribution in [1.82, 2.24) is 4.98 Å². The minimum Gasteiger partial charge on any atom is -0.364 e. The Labute approximate surface area is 169 Å². The summed E-state index contributed by atoms with van der Waals surface area (Å²) in [5.74, 6) is -0.624. The molecule has 0 unspecified atom stereocenters. The summed E-state index contributed by atoms with van der Waals surface area (Å²) in [5, 5.41) is 13.0. The number of fused-ring (bicyclic) bond motifs is 1. The lowest BCUT2D eigenvalue weighted by molar-refractivity contribution is -0.114. The van der Waals surface area contributed by atoms with Crippen molar-refractivity contribution in [3.05, 3.63) is 64.1 Å². The monoisotopic (exact) mass is 390 g/mol. The van der Waals surface area contributed by atoms with Gasteiger partial charge in [-0.15, -0.1) is 0 Å². The van der Waals surface area contributed by atoms with Gasteiger partial charge >= 0.3 is 0 Å². The summed E-state index contributed by atoms with van der Waals surface area (Å²) in [6.45, 7) is 7.70. The zero-order valence-electron chi connectivity index (χ0n) is 17.2. The van der Waals surface area contributed by atoms with Crippen molar-refractivity contribution in [3.63, 3.8) is 0 Å². The van der Waals surface area contributed by atoms with E-state index in [-0.39, 0.29) is 12.5 Å². The van der Waals surface area contributed by atoms with Gasteiger partial charge in [0.1, 0.15) is 11.9 Å². The molecule has 0 bridgehead atoms. The van der Waals surface area contributed by atoms with Gasteiger partial charge in [-0.05, 0) is 56.5 Å². The number of carbonyl (C=O) groups excluding carboxylic acids is 1. The van der Waals surface area contributed by atoms with Gasteiger partial charge in [0.2, 0.25) is 5.91 Å². The number of aryl methyl sites for hydroxylation is 4. The summed E-state index contributed by atoms with van der Waals surface area (Å²) in [4.78, 5) is 18.7. The Morgan fingerprint density at radius 3 is 2.41 bits per heavy atom. The molecule has 0 spiro atoms. The number of anilines is 2. The Morgan fingerprint density at radius 2 is 1.79 bits per heavy atom. The summed E-state index contributed by atoms with van der Waals surface area (Å²) in [6, 6.07) is 8.89. The van der Waals surface area contributed by atoms with Crippen molar-refractivity contribution >= 4 is 28.2 Å². The summed E-state index contributed by atoms with van der Waals surface area (Å²) in [5.41, 5.74) is 5.97. The molecule has 6 heteroatoms. The number of hydrogen-bond acceptors (Lipinski definition) is 4. The van der Waals surface area contributed by atoms with E-state index in [2.05, 4.69) is 16.4 Å². The fraction of sp³-hybridized carbons (Fsp3) is 0.261. The number of hydrogen-bond donors (Lipinski definition) is 1. The zero-order valence-corrected chi connectivity index (χ0v) is 17.2. The molecule has 0 saturated carbocycles. The van der Waals surface area contributed by atoms with Crippen LogP contribution < -0.4 is 10.2 Å². The Bertz CT molecular complexity index is 1140. The molecule has 3 aromatic rings. The van der Waals surface area contributed by atoms with Gasteiger partial charge in [-0.3, -0.25) is 9.78 Å². The quantitative estimate of drug-likeness (QED) is 0.709. The second-order valence-corrected chi connectivity index (χ2v) is 7.43. The van der Waals surface area contributed by atoms with Crippen LogP contribution >= 0.6 is 0 Å². The minimum absolute atomic E-state index is 0.0100. The van der Waals surface area contributed by atoms with Gasteiger partial charge in [0.05, 0.1) is 23.3 Å². The third-order valence-corrected chi connectivity index (χ3v) is 4.92. The lowest BCUT2D eigenvalue weighted by atomic mass is 10.0. The number of carbonyl (C=O) groups is 1. The van der Waals surface area contributed by atoms with Gasteiger partial charge < -0.3 is 10.2 Å². The third-order valence-electron chi connectivity index (χ3n) is 4.92. The average molecular weight is 390 g/mol. The Morgan fingerprint density at radius 1 is 1.14 bits per heavy atom. The molecule has 0 aliphatic rings. The van der Waals surface area contributed by atoms with Crippen LogP contribution in [-0.4, -0.2) is 24.5 Å². The van der Waals surface area contributed by atoms with Crippen molar-refractivity contribution < 1.29 is 9.18 Å². The smallest absolute Gasteiger partial charge is 0.243 e. The maximum atomic E-state index is 14.0. The maximum Gasteiger partial charge on any atom is 0.243 e. The highest BCUT2D eigenvalue weighted by Crippen LogP contribution is 2.31. The van der Waals surface area contributed by atoms with E-state index in [9.17, 15) is 14.4 Å². The predicted molar refractivity (Wildman–Crippen MR) is 114 cm³/mol. The number of pyridine rings is 1. The van der Waals surface area contributed by atoms with Gasteiger partial charge in [0.15, 0.2) is 0 Å². The molecule has 0 radical (unpaired) electrons. The number of likely N-dealkylation sites (N-methyl/N-ethyl adjacent to an activating group) is 1. The maximum absolute atomic E-state index is 14.0. The van der Waals surface area contributed by atoms with E-state index < -0.39 is 5.82 Å². The molecule has 29 heavy (non-hydrogen) atoms. The van der Waals surface area contributed by atoms with Crippen LogP contribution in [0.3, 0.4) is 0 Å². The van der Waals surface area contributed by atoms with Crippen molar-refractivity contribution in [2.24, 2.45) is 0 Å². The fourth-order valence-corrected chi connectivity index (χ4v) is 3.77. The minimum atomic E-state index is -0.406. The van der Waals surface area contributed by atoms with E-state index in [0.717, 1.165) is 22.4 Å². The number of amides is 1. The Kier molecular flexibility index (Phi) is 5.51. The zero-order chi connectivity index (χ0) is 21.3. The van der Waals surface area contributed by atoms with Crippen LogP contribution in [0.2, 0.25) is 0 Å². The fourth-order valence-electron chi connectivity index (χ4n) is 3.77. The SMILES string of the molecule is Cc1cc(C)c(NC(=O)CN(C)c2c(C#N)cnc3c(C)cc(F)cc23)c(C)c1. The normalized spacial score (nSPS) is 10.7. The average Bonchev–Trinajstić information content (AvgIpc) is 2.63. The lowest BCUT2D eigenvalue weighted by Crippen LogP contribution is -2.31. The van der Waals surface area contributed by atoms with Crippen LogP contribution in [-0.2, 0) is 4.79 Å². The van der Waals surface area contributed by atoms with Crippen molar-refractivity contribution in [1.29, 1.82) is 5.26 Å². The topological polar surface area (TPSA) is 69.0 Å². The number of benzene rings is 2. The van der Waals surface area contributed by atoms with E-state index in [1.165, 1.54) is 18.3 Å². The van der Waals surface area contributed by atoms with Gasteiger partial charge in [0.25, 0.3) is 0 Å². The highest BCUT2D eigenvalue weighted by molar-refractivity contribution is 6.00. The van der Waals surface area contributed by atoms with Gasteiger partial charge in [-0.25, -0.2) is 4.39 Å². The van der Waals surface area contributed by atoms with E-state index >= 15 is 0 Å². The molecule has 1 aromatic heterocycles. The first kappa shape index (κ1) is 20.3. The van der Waals surface area contributed by atoms with E-state index in [4.69, 9.17) is 0 Å². The first-order valence-electron chi connectivity index (χ1n) is 9.29. The third kappa shape index (κ3) is 4.04. The standard InChI is InChI=1S/C23H23FN4O/c1-13-6-14(2)21(15(3)7-13)27-20(29)12-28(5)23-17(10-25)11-26-22-16(4)8-18(24)9-19(22)23/h6-9,11H,12H2,1-5H3,(H,27,29). The molecule has 0 aliphatic carbocycles. The van der Waals surface area contributed by atoms with Crippen LogP contribution in [0.25, 0.3) is 10.9 Å². The molecular formula is C23H23FN4O. The van der Waals surface area contributed by atoms with Crippen molar-refractivity contribution in [3.8, 4) is 6.07 Å². The molecule has 0 aliphatic heterocycles. The van der Waals surface area contributed by atoms with E-state index in [0.29, 0.717) is 27.7 Å². The molecular weight excluding hydrogens is 367 g/mol. The molecule has 2 aromatic carbocycles. The second kappa shape index (κ2) is 7.88. The first-order chi connectivity index (χ1) is 13.7. The number of aromatic nitrogens is 1. The van der Waals surface area contributed by atoms with Crippen LogP contribution in [0.5, 0.6) is 0 Å². The van der Waals surface area contributed by atoms with Crippen LogP contribution in [0, 0.1) is 44.8 Å². The number of rotatable bonds is 4. The van der Waals surface area contributed by atoms with Crippen LogP contribution in [0.1, 0.15) is 27.8 Å². The molecule has 1 heterocycles. The lowest BCUT2D eigenvalue weighted by Gasteiger charge is -2.23. The molecule has 148 valence electrons. The van der Waals surface area contributed by atoms with Gasteiger partial charge in [-0.1, -0.05) is 17.7 Å². The van der Waals surface area contributed by atoms with Crippen molar-refractivity contribution in [2.75, 3.05) is 23.8 Å². The second-order valence-electron chi connectivity index (χ2n) is 7.43. The molecule has 0 atom stereocenters. The molecule has 3 rings (SSSR count). The number of nitrogens with zero attached hydrogens (tertiary/aromatic N) is 3. The number of halogens is 1. The van der Waals surface area contributed by atoms with Crippen LogP contribution in [0.15, 0.2) is 30.5 Å². The largest absolute Gasteiger partial charge is 0.364 e. The molecule has 0 fully saturated rings. The first-order valence-corrected chi connectivity index (χ1v) is 9.29. The van der Waals surface area contributed by atoms with Gasteiger partial charge in [-0.2, -0.15) is 5.26 Å². The van der Waals surface area contributed by atoms with Crippen molar-refractivity contribution in [2.45, 2.75) is 27.7 Å². The summed E-state index contributed by atoms with van der Waals surface area (Å²) < 4.78 is 14.0. The summed E-state index contributed by atoms with van der Waals surface area (Å²) in [6.07, 6.45) is 1.46. The van der Waals surface area contributed by atoms with E-state index in [1.807, 2.05) is 32.9 Å². The molecule has 0 saturated heterocycles. The number of nitrogens with one attached hydrogen (secondary N) is 1. The molecule has 1 N–H and O–H groups in total. The van der Waals surface area contributed by atoms with Crippen LogP contribution in [0.4, 0.5) is 15.8 Å². The summed E-state index contributed by atoms with van der Waals surface area (Å²) >= 11 is 0. The molecule has 1 amide bonds.